The Morgan fingerprint density at radius 1 is 1.36 bits per heavy atom. The number of Topliss-reactive ketones (excluding diaryl/α,β-unsaturated/α-hetero) is 1. The summed E-state index contributed by atoms with van der Waals surface area (Å²) in [6, 6.07) is 7.61. The first-order chi connectivity index (χ1) is 10.3. The largest absolute Gasteiger partial charge is 0.480 e. The van der Waals surface area contributed by atoms with E-state index in [0.717, 1.165) is 11.1 Å². The Bertz CT molecular complexity index is 612. The minimum Gasteiger partial charge on any atom is -0.480 e. The van der Waals surface area contributed by atoms with Gasteiger partial charge in [0.05, 0.1) is 10.9 Å². The van der Waals surface area contributed by atoms with E-state index in [1.807, 2.05) is 38.1 Å². The summed E-state index contributed by atoms with van der Waals surface area (Å²) in [5, 5.41) is 9.23. The average molecular weight is 319 g/mol. The Balaban J connectivity index is 2.41. The number of carbonyl (C=O) groups is 2. The topological polar surface area (TPSA) is 57.6 Å². The Morgan fingerprint density at radius 2 is 2.00 bits per heavy atom. The van der Waals surface area contributed by atoms with Crippen molar-refractivity contribution in [2.45, 2.75) is 39.2 Å². The van der Waals surface area contributed by atoms with Crippen LogP contribution in [-0.4, -0.2) is 39.3 Å². The van der Waals surface area contributed by atoms with Gasteiger partial charge in [-0.2, -0.15) is 0 Å². The third-order valence-electron chi connectivity index (χ3n) is 4.12. The van der Waals surface area contributed by atoms with Crippen molar-refractivity contribution in [3.05, 3.63) is 35.4 Å². The first-order valence-electron chi connectivity index (χ1n) is 7.43. The number of carbonyl (C=O) groups excluding carboxylic acids is 1. The van der Waals surface area contributed by atoms with E-state index >= 15 is 0 Å². The van der Waals surface area contributed by atoms with Gasteiger partial charge in [0.25, 0.3) is 0 Å². The molecule has 0 saturated carbocycles. The summed E-state index contributed by atoms with van der Waals surface area (Å²) in [5.74, 6) is -1.13. The molecular weight excluding hydrogens is 298 g/mol. The molecule has 0 spiro atoms. The summed E-state index contributed by atoms with van der Waals surface area (Å²) in [6.45, 7) is 5.29. The van der Waals surface area contributed by atoms with E-state index < -0.39 is 5.97 Å². The summed E-state index contributed by atoms with van der Waals surface area (Å²) in [6.07, 6.45) is 0.653. The van der Waals surface area contributed by atoms with E-state index in [1.54, 1.807) is 11.8 Å². The molecule has 1 N–H and O–H groups in total. The van der Waals surface area contributed by atoms with Crippen LogP contribution in [0, 0.1) is 5.92 Å². The Kier molecular flexibility index (Phi) is 4.96. The standard InChI is InChI=1S/C17H21NO3S/c1-10(2)17(22)18(9-15(20)21)14-8-12-6-4-5-7-13(12)16(14)11(3)19/h4-7,10,14,16H,8-9H2,1-3H3,(H,20,21)/t14-,16?/m0/s1. The van der Waals surface area contributed by atoms with Crippen molar-refractivity contribution in [1.29, 1.82) is 0 Å². The van der Waals surface area contributed by atoms with Gasteiger partial charge < -0.3 is 10.0 Å². The number of nitrogens with zero attached hydrogens (tertiary/aromatic N) is 1. The van der Waals surface area contributed by atoms with E-state index in [4.69, 9.17) is 12.2 Å². The van der Waals surface area contributed by atoms with E-state index in [1.165, 1.54) is 0 Å². The molecule has 0 radical (unpaired) electrons. The lowest BCUT2D eigenvalue weighted by atomic mass is 9.93. The lowest BCUT2D eigenvalue weighted by Gasteiger charge is -2.34. The number of hydrogen-bond acceptors (Lipinski definition) is 3. The van der Waals surface area contributed by atoms with Crippen molar-refractivity contribution in [3.8, 4) is 0 Å². The fourth-order valence-corrected chi connectivity index (χ4v) is 3.39. The van der Waals surface area contributed by atoms with Gasteiger partial charge in [-0.05, 0) is 24.5 Å². The Morgan fingerprint density at radius 3 is 2.55 bits per heavy atom. The number of thiocarbonyl (C=S) groups is 1. The van der Waals surface area contributed by atoms with Crippen LogP contribution in [0.2, 0.25) is 0 Å². The molecule has 1 aromatic carbocycles. The lowest BCUT2D eigenvalue weighted by molar-refractivity contribution is -0.138. The highest BCUT2D eigenvalue weighted by Gasteiger charge is 2.40. The maximum Gasteiger partial charge on any atom is 0.323 e. The van der Waals surface area contributed by atoms with Crippen molar-refractivity contribution < 1.29 is 14.7 Å². The van der Waals surface area contributed by atoms with Gasteiger partial charge in [0.2, 0.25) is 0 Å². The molecule has 22 heavy (non-hydrogen) atoms. The molecule has 2 rings (SSSR count). The third-order valence-corrected chi connectivity index (χ3v) is 4.83. The molecule has 5 heteroatoms. The molecule has 0 aliphatic heterocycles. The van der Waals surface area contributed by atoms with Crippen LogP contribution < -0.4 is 0 Å². The summed E-state index contributed by atoms with van der Waals surface area (Å²) >= 11 is 5.46. The van der Waals surface area contributed by atoms with Crippen LogP contribution in [0.15, 0.2) is 24.3 Å². The van der Waals surface area contributed by atoms with Crippen molar-refractivity contribution in [2.24, 2.45) is 5.92 Å². The number of fused-ring (bicyclic) bond motifs is 1. The molecule has 0 bridgehead atoms. The van der Waals surface area contributed by atoms with Crippen molar-refractivity contribution in [1.82, 2.24) is 4.90 Å². The first-order valence-corrected chi connectivity index (χ1v) is 7.84. The molecule has 1 unspecified atom stereocenters. The van der Waals surface area contributed by atoms with Crippen LogP contribution in [0.5, 0.6) is 0 Å². The summed E-state index contributed by atoms with van der Waals surface area (Å²) < 4.78 is 0. The zero-order valence-corrected chi connectivity index (χ0v) is 13.9. The number of benzene rings is 1. The van der Waals surface area contributed by atoms with Crippen LogP contribution in [0.25, 0.3) is 0 Å². The van der Waals surface area contributed by atoms with Crippen molar-refractivity contribution in [3.63, 3.8) is 0 Å². The van der Waals surface area contributed by atoms with Gasteiger partial charge >= 0.3 is 5.97 Å². The molecule has 1 aliphatic carbocycles. The van der Waals surface area contributed by atoms with Crippen LogP contribution in [0.4, 0.5) is 0 Å². The fourth-order valence-electron chi connectivity index (χ4n) is 3.19. The predicted octanol–water partition coefficient (Wildman–Crippen LogP) is 2.65. The number of aliphatic carboxylic acids is 1. The van der Waals surface area contributed by atoms with Gasteiger partial charge in [0.15, 0.2) is 0 Å². The van der Waals surface area contributed by atoms with E-state index in [-0.39, 0.29) is 30.2 Å². The highest BCUT2D eigenvalue weighted by atomic mass is 32.1. The van der Waals surface area contributed by atoms with E-state index in [0.29, 0.717) is 11.4 Å². The molecule has 1 aliphatic rings. The monoisotopic (exact) mass is 319 g/mol. The second kappa shape index (κ2) is 6.57. The minimum absolute atomic E-state index is 0.0527. The highest BCUT2D eigenvalue weighted by molar-refractivity contribution is 7.80. The Hall–Kier alpha value is -1.75. The number of ketones is 1. The normalized spacial score (nSPS) is 19.8. The van der Waals surface area contributed by atoms with Crippen LogP contribution in [0.1, 0.15) is 37.8 Å². The van der Waals surface area contributed by atoms with Gasteiger partial charge in [0, 0.05) is 12.0 Å². The second-order valence-corrected chi connectivity index (χ2v) is 6.49. The number of hydrogen-bond donors (Lipinski definition) is 1. The predicted molar refractivity (Wildman–Crippen MR) is 89.1 cm³/mol. The summed E-state index contributed by atoms with van der Waals surface area (Å²) in [4.78, 5) is 25.8. The van der Waals surface area contributed by atoms with Crippen molar-refractivity contribution >= 4 is 29.0 Å². The van der Waals surface area contributed by atoms with Crippen molar-refractivity contribution in [2.75, 3.05) is 6.54 Å². The molecule has 4 nitrogen and oxygen atoms in total. The summed E-state index contributed by atoms with van der Waals surface area (Å²) in [5.41, 5.74) is 2.11. The number of carboxylic acid groups (broad SMARTS) is 1. The van der Waals surface area contributed by atoms with Gasteiger partial charge in [-0.1, -0.05) is 50.3 Å². The average Bonchev–Trinajstić information content (AvgIpc) is 2.82. The maximum absolute atomic E-state index is 12.2. The fraction of sp³-hybridized carbons (Fsp3) is 0.471. The smallest absolute Gasteiger partial charge is 0.323 e. The molecule has 0 amide bonds. The number of carboxylic acids is 1. The molecule has 0 aromatic heterocycles. The quantitative estimate of drug-likeness (QED) is 0.846. The maximum atomic E-state index is 12.2. The van der Waals surface area contributed by atoms with Gasteiger partial charge in [-0.3, -0.25) is 9.59 Å². The number of rotatable bonds is 5. The second-order valence-electron chi connectivity index (χ2n) is 6.07. The molecule has 0 fully saturated rings. The molecule has 0 saturated heterocycles. The van der Waals surface area contributed by atoms with Gasteiger partial charge in [-0.25, -0.2) is 0 Å². The van der Waals surface area contributed by atoms with Crippen LogP contribution >= 0.6 is 12.2 Å². The van der Waals surface area contributed by atoms with Gasteiger partial charge in [0.1, 0.15) is 12.3 Å². The van der Waals surface area contributed by atoms with Gasteiger partial charge in [-0.15, -0.1) is 0 Å². The minimum atomic E-state index is -0.929. The summed E-state index contributed by atoms with van der Waals surface area (Å²) in [7, 11) is 0. The molecule has 0 heterocycles. The van der Waals surface area contributed by atoms with Crippen LogP contribution in [-0.2, 0) is 16.0 Å². The first kappa shape index (κ1) is 16.6. The van der Waals surface area contributed by atoms with E-state index in [9.17, 15) is 14.7 Å². The Labute approximate surface area is 136 Å². The molecule has 2 atom stereocenters. The molecule has 118 valence electrons. The zero-order chi connectivity index (χ0) is 16.4. The van der Waals surface area contributed by atoms with E-state index in [2.05, 4.69) is 0 Å². The lowest BCUT2D eigenvalue weighted by Crippen LogP contribution is -2.47. The highest BCUT2D eigenvalue weighted by Crippen LogP contribution is 2.37. The molecular formula is C17H21NO3S. The molecule has 1 aromatic rings. The third kappa shape index (κ3) is 3.19. The SMILES string of the molecule is CC(=O)C1c2ccccc2C[C@@H]1N(CC(=O)O)C(=S)C(C)C. The zero-order valence-electron chi connectivity index (χ0n) is 13.1. The van der Waals surface area contributed by atoms with Crippen LogP contribution in [0.3, 0.4) is 0 Å².